The van der Waals surface area contributed by atoms with E-state index in [0.29, 0.717) is 41.9 Å². The van der Waals surface area contributed by atoms with E-state index in [1.54, 1.807) is 18.2 Å². The van der Waals surface area contributed by atoms with E-state index in [9.17, 15) is 14.7 Å². The first kappa shape index (κ1) is 20.2. The van der Waals surface area contributed by atoms with Crippen molar-refractivity contribution in [3.05, 3.63) is 75.3 Å². The number of piperidine rings is 1. The summed E-state index contributed by atoms with van der Waals surface area (Å²) in [6.07, 6.45) is 3.91. The van der Waals surface area contributed by atoms with Gasteiger partial charge in [0.15, 0.2) is 0 Å². The molecule has 1 aromatic heterocycles. The fourth-order valence-corrected chi connectivity index (χ4v) is 5.02. The van der Waals surface area contributed by atoms with E-state index in [1.807, 2.05) is 17.0 Å². The van der Waals surface area contributed by atoms with Crippen LogP contribution in [0.15, 0.2) is 53.6 Å². The zero-order valence-corrected chi connectivity index (χ0v) is 17.9. The highest BCUT2D eigenvalue weighted by Gasteiger charge is 2.37. The van der Waals surface area contributed by atoms with Crippen molar-refractivity contribution in [2.75, 3.05) is 13.1 Å². The number of aromatic nitrogens is 2. The molecule has 0 unspecified atom stereocenters. The number of nitrogens with zero attached hydrogens (tertiary/aromatic N) is 3. The average Bonchev–Trinajstić information content (AvgIpc) is 3.20. The number of aliphatic hydroxyl groups is 1. The van der Waals surface area contributed by atoms with Crippen LogP contribution in [0, 0.1) is 5.92 Å². The molecule has 2 aromatic carbocycles. The minimum absolute atomic E-state index is 0.0114. The summed E-state index contributed by atoms with van der Waals surface area (Å²) in [6.45, 7) is 1.15. The van der Waals surface area contributed by atoms with Gasteiger partial charge in [0.25, 0.3) is 5.56 Å². The summed E-state index contributed by atoms with van der Waals surface area (Å²) in [6, 6.07) is 13.2. The van der Waals surface area contributed by atoms with E-state index in [1.165, 1.54) is 22.0 Å². The van der Waals surface area contributed by atoms with Crippen LogP contribution in [0.1, 0.15) is 24.0 Å². The minimum Gasteiger partial charge on any atom is -0.388 e. The predicted octanol–water partition coefficient (Wildman–Crippen LogP) is 2.82. The summed E-state index contributed by atoms with van der Waals surface area (Å²) in [5.74, 6) is 0.155. The minimum atomic E-state index is -1.04. The third-order valence-electron chi connectivity index (χ3n) is 6.66. The molecular weight excluding hydrogens is 414 g/mol. The molecule has 2 aliphatic rings. The number of hydrogen-bond donors (Lipinski definition) is 1. The number of fused-ring (bicyclic) bond motifs is 2. The van der Waals surface area contributed by atoms with Gasteiger partial charge in [-0.05, 0) is 55.0 Å². The van der Waals surface area contributed by atoms with Crippen molar-refractivity contribution < 1.29 is 9.90 Å². The molecule has 0 radical (unpaired) electrons. The first-order valence-electron chi connectivity index (χ1n) is 10.6. The zero-order chi connectivity index (χ0) is 21.6. The molecule has 0 spiro atoms. The molecule has 7 heteroatoms. The van der Waals surface area contributed by atoms with Crippen LogP contribution in [-0.2, 0) is 24.2 Å². The van der Waals surface area contributed by atoms with Crippen molar-refractivity contribution in [1.29, 1.82) is 0 Å². The van der Waals surface area contributed by atoms with Gasteiger partial charge in [-0.2, -0.15) is 0 Å². The Labute approximate surface area is 185 Å². The molecule has 0 bridgehead atoms. The maximum Gasteiger partial charge on any atom is 0.261 e. The Morgan fingerprint density at radius 1 is 1.13 bits per heavy atom. The maximum absolute atomic E-state index is 13.0. The second-order valence-corrected chi connectivity index (χ2v) is 9.20. The summed E-state index contributed by atoms with van der Waals surface area (Å²) in [5, 5.41) is 12.1. The summed E-state index contributed by atoms with van der Waals surface area (Å²) in [4.78, 5) is 32.0. The summed E-state index contributed by atoms with van der Waals surface area (Å²) >= 11 is 5.98. The Hall–Kier alpha value is -2.70. The summed E-state index contributed by atoms with van der Waals surface area (Å²) in [5.41, 5.74) is 1.83. The van der Waals surface area contributed by atoms with Gasteiger partial charge >= 0.3 is 0 Å². The topological polar surface area (TPSA) is 75.4 Å². The Morgan fingerprint density at radius 2 is 1.81 bits per heavy atom. The monoisotopic (exact) mass is 437 g/mol. The van der Waals surface area contributed by atoms with E-state index in [2.05, 4.69) is 17.1 Å². The molecule has 6 nitrogen and oxygen atoms in total. The SMILES string of the molecule is O=C(C1Cc2ccccc2C1)N1CCC(O)(Cn2cnc3cc(Cl)ccc3c2=O)CC1. The second-order valence-electron chi connectivity index (χ2n) is 8.76. The lowest BCUT2D eigenvalue weighted by molar-refractivity contribution is -0.139. The largest absolute Gasteiger partial charge is 0.388 e. The lowest BCUT2D eigenvalue weighted by atomic mass is 9.90. The van der Waals surface area contributed by atoms with Crippen molar-refractivity contribution >= 4 is 28.4 Å². The lowest BCUT2D eigenvalue weighted by Gasteiger charge is -2.39. The number of likely N-dealkylation sites (tertiary alicyclic amines) is 1. The smallest absolute Gasteiger partial charge is 0.261 e. The molecule has 3 aromatic rings. The zero-order valence-electron chi connectivity index (χ0n) is 17.1. The van der Waals surface area contributed by atoms with E-state index >= 15 is 0 Å². The van der Waals surface area contributed by atoms with Gasteiger partial charge in [-0.25, -0.2) is 4.98 Å². The third-order valence-corrected chi connectivity index (χ3v) is 6.89. The van der Waals surface area contributed by atoms with Crippen LogP contribution in [0.3, 0.4) is 0 Å². The highest BCUT2D eigenvalue weighted by Crippen LogP contribution is 2.30. The van der Waals surface area contributed by atoms with Crippen molar-refractivity contribution in [3.8, 4) is 0 Å². The van der Waals surface area contributed by atoms with E-state index in [0.717, 1.165) is 12.8 Å². The quantitative estimate of drug-likeness (QED) is 0.683. The number of rotatable bonds is 3. The van der Waals surface area contributed by atoms with Gasteiger partial charge in [0.1, 0.15) is 0 Å². The third kappa shape index (κ3) is 3.86. The summed E-state index contributed by atoms with van der Waals surface area (Å²) in [7, 11) is 0. The molecule has 1 aliphatic heterocycles. The Balaban J connectivity index is 1.25. The lowest BCUT2D eigenvalue weighted by Crippen LogP contribution is -2.51. The van der Waals surface area contributed by atoms with Crippen molar-refractivity contribution in [3.63, 3.8) is 0 Å². The number of amides is 1. The van der Waals surface area contributed by atoms with Crippen LogP contribution in [0.5, 0.6) is 0 Å². The van der Waals surface area contributed by atoms with Crippen LogP contribution < -0.4 is 5.56 Å². The molecule has 160 valence electrons. The molecule has 1 amide bonds. The van der Waals surface area contributed by atoms with Gasteiger partial charge in [-0.3, -0.25) is 14.2 Å². The molecule has 0 atom stereocenters. The molecule has 0 saturated carbocycles. The standard InChI is InChI=1S/C24H24ClN3O3/c25-19-5-6-20-21(13-19)26-15-28(23(20)30)14-24(31)7-9-27(10-8-24)22(29)18-11-16-3-1-2-4-17(16)12-18/h1-6,13,15,18,31H,7-12,14H2. The van der Waals surface area contributed by atoms with Crippen molar-refractivity contribution in [2.45, 2.75) is 37.8 Å². The molecular formula is C24H24ClN3O3. The van der Waals surface area contributed by atoms with Crippen molar-refractivity contribution in [2.24, 2.45) is 5.92 Å². The normalized spacial score (nSPS) is 18.3. The number of hydrogen-bond acceptors (Lipinski definition) is 4. The highest BCUT2D eigenvalue weighted by molar-refractivity contribution is 6.31. The van der Waals surface area contributed by atoms with Gasteiger partial charge in [-0.15, -0.1) is 0 Å². The number of halogens is 1. The van der Waals surface area contributed by atoms with Gasteiger partial charge in [0.05, 0.1) is 29.4 Å². The average molecular weight is 438 g/mol. The molecule has 2 heterocycles. The van der Waals surface area contributed by atoms with Gasteiger partial charge in [0, 0.05) is 24.0 Å². The Bertz CT molecular complexity index is 1190. The first-order chi connectivity index (χ1) is 14.9. The van der Waals surface area contributed by atoms with E-state index in [4.69, 9.17) is 11.6 Å². The van der Waals surface area contributed by atoms with Crippen molar-refractivity contribution in [1.82, 2.24) is 14.5 Å². The molecule has 1 aliphatic carbocycles. The Kier molecular flexibility index (Phi) is 5.07. The molecule has 5 rings (SSSR count). The molecule has 1 fully saturated rings. The van der Waals surface area contributed by atoms with E-state index in [-0.39, 0.29) is 23.9 Å². The second kappa shape index (κ2) is 7.77. The molecule has 1 saturated heterocycles. The van der Waals surface area contributed by atoms with Crippen LogP contribution in [0.25, 0.3) is 10.9 Å². The predicted molar refractivity (Wildman–Crippen MR) is 119 cm³/mol. The Morgan fingerprint density at radius 3 is 2.48 bits per heavy atom. The van der Waals surface area contributed by atoms with Crippen LogP contribution in [-0.4, -0.2) is 44.2 Å². The van der Waals surface area contributed by atoms with Crippen LogP contribution in [0.2, 0.25) is 5.02 Å². The fraction of sp³-hybridized carbons (Fsp3) is 0.375. The highest BCUT2D eigenvalue weighted by atomic mass is 35.5. The molecule has 31 heavy (non-hydrogen) atoms. The van der Waals surface area contributed by atoms with Crippen LogP contribution in [0.4, 0.5) is 0 Å². The van der Waals surface area contributed by atoms with E-state index < -0.39 is 5.60 Å². The maximum atomic E-state index is 13.0. The number of benzene rings is 2. The van der Waals surface area contributed by atoms with Gasteiger partial charge < -0.3 is 10.0 Å². The van der Waals surface area contributed by atoms with Crippen LogP contribution >= 0.6 is 11.6 Å². The summed E-state index contributed by atoms with van der Waals surface area (Å²) < 4.78 is 1.46. The van der Waals surface area contributed by atoms with Gasteiger partial charge in [-0.1, -0.05) is 35.9 Å². The van der Waals surface area contributed by atoms with Gasteiger partial charge in [0.2, 0.25) is 5.91 Å². The first-order valence-corrected chi connectivity index (χ1v) is 11.0. The number of carbonyl (C=O) groups excluding carboxylic acids is 1. The molecule has 1 N–H and O–H groups in total. The fourth-order valence-electron chi connectivity index (χ4n) is 4.85. The number of carbonyl (C=O) groups is 1.